The fourth-order valence-corrected chi connectivity index (χ4v) is 6.21. The van der Waals surface area contributed by atoms with E-state index < -0.39 is 0 Å². The molecule has 0 bridgehead atoms. The number of piperidine rings is 1. The Morgan fingerprint density at radius 1 is 1.00 bits per heavy atom. The normalized spacial score (nSPS) is 17.0. The van der Waals surface area contributed by atoms with Crippen molar-refractivity contribution in [1.29, 1.82) is 0 Å². The number of anilines is 2. The predicted molar refractivity (Wildman–Crippen MR) is 171 cm³/mol. The molecule has 0 spiro atoms. The number of phenols is 1. The van der Waals surface area contributed by atoms with Gasteiger partial charge in [0.25, 0.3) is 0 Å². The number of aromatic hydroxyl groups is 1. The molecule has 6 rings (SSSR count). The molecule has 0 unspecified atom stereocenters. The largest absolute Gasteiger partial charge is 0.504 e. The van der Waals surface area contributed by atoms with Gasteiger partial charge in [0.1, 0.15) is 11.3 Å². The second-order valence-corrected chi connectivity index (χ2v) is 11.7. The lowest BCUT2D eigenvalue weighted by atomic mass is 10.0. The van der Waals surface area contributed by atoms with Gasteiger partial charge in [-0.25, -0.2) is 9.97 Å². The van der Waals surface area contributed by atoms with Crippen LogP contribution in [0, 0.1) is 0 Å². The van der Waals surface area contributed by atoms with Gasteiger partial charge >= 0.3 is 0 Å². The first-order valence-electron chi connectivity index (χ1n) is 15.0. The molecule has 43 heavy (non-hydrogen) atoms. The van der Waals surface area contributed by atoms with Crippen molar-refractivity contribution < 1.29 is 14.6 Å². The number of methoxy groups -OCH3 is 2. The number of H-pyrrole nitrogens is 1. The third-order valence-corrected chi connectivity index (χ3v) is 8.84. The number of halogens is 1. The minimum atomic E-state index is 0.164. The van der Waals surface area contributed by atoms with Gasteiger partial charge in [-0.1, -0.05) is 17.7 Å². The van der Waals surface area contributed by atoms with Crippen molar-refractivity contribution in [3.8, 4) is 22.9 Å². The van der Waals surface area contributed by atoms with Crippen LogP contribution in [0.4, 0.5) is 11.4 Å². The minimum Gasteiger partial charge on any atom is -0.504 e. The number of nitrogens with zero attached hydrogens (tertiary/aromatic N) is 5. The average molecular weight is 606 g/mol. The Hall–Kier alpha value is -3.57. The molecule has 2 saturated heterocycles. The number of phenolic OH excluding ortho intramolecular Hbond substituents is 1. The smallest absolute Gasteiger partial charge is 0.180 e. The summed E-state index contributed by atoms with van der Waals surface area (Å²) in [5, 5.41) is 14.2. The molecule has 0 amide bonds. The van der Waals surface area contributed by atoms with Crippen molar-refractivity contribution in [1.82, 2.24) is 24.8 Å². The van der Waals surface area contributed by atoms with Gasteiger partial charge < -0.3 is 29.8 Å². The van der Waals surface area contributed by atoms with Crippen LogP contribution in [0.3, 0.4) is 0 Å². The average Bonchev–Trinajstić information content (AvgIpc) is 3.48. The summed E-state index contributed by atoms with van der Waals surface area (Å²) in [5.74, 6) is 1.45. The zero-order valence-corrected chi connectivity index (χ0v) is 25.6. The number of aromatic amines is 1. The van der Waals surface area contributed by atoms with Crippen LogP contribution >= 0.6 is 11.6 Å². The summed E-state index contributed by atoms with van der Waals surface area (Å²) in [6.07, 6.45) is 3.65. The highest BCUT2D eigenvalue weighted by Gasteiger charge is 2.23. The van der Waals surface area contributed by atoms with Crippen molar-refractivity contribution in [3.63, 3.8) is 0 Å². The number of likely N-dealkylation sites (tertiary alicyclic amines) is 1. The van der Waals surface area contributed by atoms with E-state index in [1.807, 2.05) is 12.1 Å². The van der Waals surface area contributed by atoms with Crippen LogP contribution in [0.2, 0.25) is 5.02 Å². The molecule has 3 N–H and O–H groups in total. The second kappa shape index (κ2) is 13.4. The van der Waals surface area contributed by atoms with E-state index in [1.165, 1.54) is 5.69 Å². The maximum atomic E-state index is 9.89. The molecule has 0 aliphatic carbocycles. The van der Waals surface area contributed by atoms with Crippen LogP contribution in [-0.4, -0.2) is 103 Å². The summed E-state index contributed by atoms with van der Waals surface area (Å²) < 4.78 is 10.5. The number of fused-ring (bicyclic) bond motifs is 1. The van der Waals surface area contributed by atoms with Crippen LogP contribution in [-0.2, 0) is 11.3 Å². The molecule has 0 atom stereocenters. The zero-order chi connectivity index (χ0) is 29.8. The molecule has 228 valence electrons. The van der Waals surface area contributed by atoms with Gasteiger partial charge in [-0.3, -0.25) is 9.80 Å². The van der Waals surface area contributed by atoms with Crippen LogP contribution in [0.15, 0.2) is 48.7 Å². The van der Waals surface area contributed by atoms with Gasteiger partial charge in [0.05, 0.1) is 30.6 Å². The van der Waals surface area contributed by atoms with E-state index in [-0.39, 0.29) is 11.8 Å². The Balaban J connectivity index is 1.09. The Bertz CT molecular complexity index is 1510. The molecule has 2 fully saturated rings. The molecule has 4 heterocycles. The van der Waals surface area contributed by atoms with Crippen LogP contribution < -0.4 is 15.0 Å². The first kappa shape index (κ1) is 29.5. The summed E-state index contributed by atoms with van der Waals surface area (Å²) in [6.45, 7) is 8.60. The maximum Gasteiger partial charge on any atom is 0.180 e. The lowest BCUT2D eigenvalue weighted by Gasteiger charge is -2.36. The predicted octanol–water partition coefficient (Wildman–Crippen LogP) is 4.84. The van der Waals surface area contributed by atoms with Gasteiger partial charge in [-0.2, -0.15) is 0 Å². The van der Waals surface area contributed by atoms with E-state index in [0.29, 0.717) is 16.4 Å². The van der Waals surface area contributed by atoms with Gasteiger partial charge in [0.2, 0.25) is 0 Å². The quantitative estimate of drug-likeness (QED) is 0.234. The molecule has 10 nitrogen and oxygen atoms in total. The van der Waals surface area contributed by atoms with Crippen LogP contribution in [0.1, 0.15) is 18.4 Å². The zero-order valence-electron chi connectivity index (χ0n) is 24.9. The molecular weight excluding hydrogens is 566 g/mol. The molecule has 0 saturated carbocycles. The molecule has 2 aromatic heterocycles. The number of pyridine rings is 1. The molecule has 0 radical (unpaired) electrons. The third kappa shape index (κ3) is 6.83. The topological polar surface area (TPSA) is 102 Å². The van der Waals surface area contributed by atoms with Crippen molar-refractivity contribution in [2.24, 2.45) is 0 Å². The van der Waals surface area contributed by atoms with Gasteiger partial charge in [-0.15, -0.1) is 0 Å². The van der Waals surface area contributed by atoms with Crippen LogP contribution in [0.25, 0.3) is 22.6 Å². The van der Waals surface area contributed by atoms with Crippen molar-refractivity contribution in [2.75, 3.05) is 76.9 Å². The fraction of sp³-hybridized carbons (Fsp3) is 0.438. The first-order valence-corrected chi connectivity index (χ1v) is 15.3. The third-order valence-electron chi connectivity index (χ3n) is 8.55. The monoisotopic (exact) mass is 605 g/mol. The number of nitrogens with one attached hydrogen (secondary N) is 2. The Morgan fingerprint density at radius 3 is 2.49 bits per heavy atom. The summed E-state index contributed by atoms with van der Waals surface area (Å²) in [7, 11) is 3.33. The molecule has 2 aliphatic rings. The van der Waals surface area contributed by atoms with Crippen molar-refractivity contribution in [2.45, 2.75) is 25.4 Å². The maximum absolute atomic E-state index is 9.89. The van der Waals surface area contributed by atoms with E-state index in [2.05, 4.69) is 54.2 Å². The molecule has 4 aromatic rings. The summed E-state index contributed by atoms with van der Waals surface area (Å²) in [5.41, 5.74) is 5.70. The Morgan fingerprint density at radius 2 is 1.77 bits per heavy atom. The molecule has 2 aromatic carbocycles. The van der Waals surface area contributed by atoms with E-state index in [9.17, 15) is 5.11 Å². The van der Waals surface area contributed by atoms with Crippen molar-refractivity contribution >= 4 is 34.1 Å². The number of hydrogen-bond acceptors (Lipinski definition) is 9. The standard InChI is InChI=1S/C32H40ClN7O3/c1-42-18-17-38-13-15-40(16-14-38)25-6-4-23(5-7-25)31-36-30-29(26(33)20-34-32(30)37-31)35-24-9-11-39(12-10-24)21-22-3-8-27(41)28(19-22)43-2/h3-8,19-20,24,41H,9-18,21H2,1-2H3,(H2,34,35,36,37). The Labute approximate surface area is 257 Å². The number of piperazine rings is 1. The van der Waals surface area contributed by atoms with Gasteiger partial charge in [-0.05, 0) is 54.8 Å². The van der Waals surface area contributed by atoms with Crippen LogP contribution in [0.5, 0.6) is 11.5 Å². The van der Waals surface area contributed by atoms with E-state index in [0.717, 1.165) is 100.0 Å². The molecular formula is C32H40ClN7O3. The van der Waals surface area contributed by atoms with Gasteiger partial charge in [0.15, 0.2) is 17.1 Å². The molecule has 2 aliphatic heterocycles. The number of imidazole rings is 1. The summed E-state index contributed by atoms with van der Waals surface area (Å²) >= 11 is 6.67. The number of aromatic nitrogens is 3. The lowest BCUT2D eigenvalue weighted by Crippen LogP contribution is -2.47. The molecule has 11 heteroatoms. The van der Waals surface area contributed by atoms with Crippen molar-refractivity contribution in [3.05, 3.63) is 59.2 Å². The fourth-order valence-electron chi connectivity index (χ4n) is 6.01. The highest BCUT2D eigenvalue weighted by molar-refractivity contribution is 6.34. The number of rotatable bonds is 10. The summed E-state index contributed by atoms with van der Waals surface area (Å²) in [4.78, 5) is 20.1. The number of hydrogen-bond donors (Lipinski definition) is 3. The summed E-state index contributed by atoms with van der Waals surface area (Å²) in [6, 6.07) is 14.4. The number of benzene rings is 2. The SMILES string of the molecule is COCCN1CCN(c2ccc(-c3nc4ncc(Cl)c(NC5CCN(Cc6ccc(O)c(OC)c6)CC5)c4[nH]3)cc2)CC1. The second-order valence-electron chi connectivity index (χ2n) is 11.3. The van der Waals surface area contributed by atoms with E-state index in [4.69, 9.17) is 26.1 Å². The lowest BCUT2D eigenvalue weighted by molar-refractivity contribution is 0.144. The highest BCUT2D eigenvalue weighted by atomic mass is 35.5. The highest BCUT2D eigenvalue weighted by Crippen LogP contribution is 2.33. The number of ether oxygens (including phenoxy) is 2. The first-order chi connectivity index (χ1) is 21.0. The Kier molecular flexibility index (Phi) is 9.18. The van der Waals surface area contributed by atoms with Gasteiger partial charge in [0, 0.05) is 76.8 Å². The minimum absolute atomic E-state index is 0.164. The van der Waals surface area contributed by atoms with E-state index in [1.54, 1.807) is 26.5 Å². The van der Waals surface area contributed by atoms with E-state index >= 15 is 0 Å².